The average Bonchev–Trinajstić information content (AvgIpc) is 3.37. The highest BCUT2D eigenvalue weighted by Crippen LogP contribution is 2.33. The molecule has 1 aromatic carbocycles. The van der Waals surface area contributed by atoms with Crippen molar-refractivity contribution in [3.8, 4) is 11.5 Å². The van der Waals surface area contributed by atoms with Crippen LogP contribution >= 0.6 is 0 Å². The van der Waals surface area contributed by atoms with Gasteiger partial charge in [-0.2, -0.15) is 0 Å². The van der Waals surface area contributed by atoms with Gasteiger partial charge in [-0.1, -0.05) is 40.5 Å². The Morgan fingerprint density at radius 1 is 1.03 bits per heavy atom. The molecule has 1 aromatic rings. The number of aliphatic carboxylic acids is 1. The molecule has 0 bridgehead atoms. The molecule has 1 aliphatic carbocycles. The van der Waals surface area contributed by atoms with Crippen LogP contribution in [0.25, 0.3) is 0 Å². The molecule has 2 aliphatic rings. The van der Waals surface area contributed by atoms with Crippen molar-refractivity contribution in [2.75, 3.05) is 26.2 Å². The summed E-state index contributed by atoms with van der Waals surface area (Å²) in [4.78, 5) is 29.2. The maximum atomic E-state index is 13.1. The molecule has 0 aromatic heterocycles. The minimum absolute atomic E-state index is 0.0114. The SMILES string of the molecule is CC(C)C[C@@H](C(=O)O)N(CCCNC1CCN(C(=O)c2cc(C(C)C)c(O)cc2O)CC1)C1CCCC1. The number of nitrogens with one attached hydrogen (secondary N) is 1. The normalized spacial score (nSPS) is 18.3. The van der Waals surface area contributed by atoms with Gasteiger partial charge >= 0.3 is 5.97 Å². The van der Waals surface area contributed by atoms with Crippen LogP contribution < -0.4 is 5.32 Å². The fourth-order valence-corrected chi connectivity index (χ4v) is 5.91. The second-order valence-corrected chi connectivity index (χ2v) is 11.6. The van der Waals surface area contributed by atoms with Crippen LogP contribution in [0.4, 0.5) is 0 Å². The van der Waals surface area contributed by atoms with Crippen LogP contribution in [-0.2, 0) is 4.79 Å². The molecule has 1 atom stereocenters. The van der Waals surface area contributed by atoms with Gasteiger partial charge in [-0.05, 0) is 68.5 Å². The second kappa shape index (κ2) is 13.5. The number of phenolic OH excluding ortho intramolecular Hbond substituents is 2. The van der Waals surface area contributed by atoms with E-state index in [2.05, 4.69) is 24.1 Å². The Morgan fingerprint density at radius 3 is 2.24 bits per heavy atom. The van der Waals surface area contributed by atoms with E-state index in [0.717, 1.165) is 45.2 Å². The number of benzene rings is 1. The summed E-state index contributed by atoms with van der Waals surface area (Å²) in [6, 6.07) is 3.16. The summed E-state index contributed by atoms with van der Waals surface area (Å²) in [7, 11) is 0. The van der Waals surface area contributed by atoms with E-state index in [1.54, 1.807) is 11.0 Å². The van der Waals surface area contributed by atoms with Gasteiger partial charge in [-0.25, -0.2) is 0 Å². The van der Waals surface area contributed by atoms with Gasteiger partial charge in [0.1, 0.15) is 17.5 Å². The fourth-order valence-electron chi connectivity index (χ4n) is 5.91. The van der Waals surface area contributed by atoms with Gasteiger partial charge in [-0.3, -0.25) is 14.5 Å². The highest BCUT2D eigenvalue weighted by molar-refractivity contribution is 5.97. The number of nitrogens with zero attached hydrogens (tertiary/aromatic N) is 2. The number of amides is 1. The fraction of sp³-hybridized carbons (Fsp3) is 0.724. The number of carbonyl (C=O) groups is 2. The number of aromatic hydroxyl groups is 2. The third kappa shape index (κ3) is 7.84. The van der Waals surface area contributed by atoms with Gasteiger partial charge in [0.15, 0.2) is 0 Å². The summed E-state index contributed by atoms with van der Waals surface area (Å²) >= 11 is 0. The number of phenols is 2. The van der Waals surface area contributed by atoms with E-state index in [4.69, 9.17) is 0 Å². The zero-order valence-electron chi connectivity index (χ0n) is 23.1. The Kier molecular flexibility index (Phi) is 10.6. The lowest BCUT2D eigenvalue weighted by Crippen LogP contribution is -2.49. The van der Waals surface area contributed by atoms with E-state index in [9.17, 15) is 24.9 Å². The third-order valence-corrected chi connectivity index (χ3v) is 7.98. The smallest absolute Gasteiger partial charge is 0.320 e. The van der Waals surface area contributed by atoms with Gasteiger partial charge in [-0.15, -0.1) is 0 Å². The predicted octanol–water partition coefficient (Wildman–Crippen LogP) is 4.55. The summed E-state index contributed by atoms with van der Waals surface area (Å²) in [5.74, 6) is -0.687. The topological polar surface area (TPSA) is 113 Å². The van der Waals surface area contributed by atoms with Gasteiger partial charge < -0.3 is 25.5 Å². The largest absolute Gasteiger partial charge is 0.508 e. The number of hydrogen-bond acceptors (Lipinski definition) is 6. The van der Waals surface area contributed by atoms with Crippen LogP contribution in [0.15, 0.2) is 12.1 Å². The number of carbonyl (C=O) groups excluding carboxylic acids is 1. The van der Waals surface area contributed by atoms with E-state index < -0.39 is 12.0 Å². The summed E-state index contributed by atoms with van der Waals surface area (Å²) in [5.41, 5.74) is 0.900. The number of likely N-dealkylation sites (tertiary alicyclic amines) is 1. The Balaban J connectivity index is 1.49. The highest BCUT2D eigenvalue weighted by Gasteiger charge is 2.33. The molecule has 3 rings (SSSR count). The maximum absolute atomic E-state index is 13.1. The molecular formula is C29H47N3O5. The van der Waals surface area contributed by atoms with Gasteiger partial charge in [0.2, 0.25) is 0 Å². The molecule has 2 fully saturated rings. The van der Waals surface area contributed by atoms with Crippen LogP contribution in [0.3, 0.4) is 0 Å². The molecule has 8 heteroatoms. The van der Waals surface area contributed by atoms with Crippen molar-refractivity contribution < 1.29 is 24.9 Å². The molecule has 37 heavy (non-hydrogen) atoms. The zero-order valence-corrected chi connectivity index (χ0v) is 23.1. The standard InChI is InChI=1S/C29H47N3O5/c1-19(2)16-25(29(36)37)32(22-8-5-6-9-22)13-7-12-30-21-10-14-31(15-11-21)28(35)24-17-23(20(3)4)26(33)18-27(24)34/h17-22,25,30,33-34H,5-16H2,1-4H3,(H,36,37)/t25-/m0/s1. The first-order valence-corrected chi connectivity index (χ1v) is 14.2. The first-order valence-electron chi connectivity index (χ1n) is 14.2. The minimum atomic E-state index is -0.703. The minimum Gasteiger partial charge on any atom is -0.508 e. The highest BCUT2D eigenvalue weighted by atomic mass is 16.4. The van der Waals surface area contributed by atoms with Crippen LogP contribution in [0.2, 0.25) is 0 Å². The van der Waals surface area contributed by atoms with E-state index in [1.807, 2.05) is 13.8 Å². The molecule has 1 saturated carbocycles. The van der Waals surface area contributed by atoms with Crippen LogP contribution in [-0.4, -0.2) is 81.3 Å². The summed E-state index contributed by atoms with van der Waals surface area (Å²) < 4.78 is 0. The Hall–Kier alpha value is -2.32. The second-order valence-electron chi connectivity index (χ2n) is 11.6. The molecule has 0 unspecified atom stereocenters. The first-order chi connectivity index (χ1) is 17.6. The molecule has 0 spiro atoms. The Bertz CT molecular complexity index is 905. The molecule has 0 radical (unpaired) electrons. The first kappa shape index (κ1) is 29.2. The number of piperidine rings is 1. The molecule has 8 nitrogen and oxygen atoms in total. The third-order valence-electron chi connectivity index (χ3n) is 7.98. The molecule has 1 aliphatic heterocycles. The Labute approximate surface area is 222 Å². The van der Waals surface area contributed by atoms with Crippen LogP contribution in [0, 0.1) is 5.92 Å². The maximum Gasteiger partial charge on any atom is 0.320 e. The molecule has 1 amide bonds. The van der Waals surface area contributed by atoms with Crippen molar-refractivity contribution in [2.24, 2.45) is 5.92 Å². The molecule has 1 saturated heterocycles. The zero-order chi connectivity index (χ0) is 27.1. The van der Waals surface area contributed by atoms with Crippen molar-refractivity contribution >= 4 is 11.9 Å². The lowest BCUT2D eigenvalue weighted by molar-refractivity contribution is -0.145. The molecular weight excluding hydrogens is 470 g/mol. The number of carboxylic acid groups (broad SMARTS) is 1. The Morgan fingerprint density at radius 2 is 1.68 bits per heavy atom. The van der Waals surface area contributed by atoms with Crippen molar-refractivity contribution in [2.45, 2.75) is 103 Å². The predicted molar refractivity (Wildman–Crippen MR) is 145 cm³/mol. The molecule has 4 N–H and O–H groups in total. The van der Waals surface area contributed by atoms with Crippen molar-refractivity contribution in [1.29, 1.82) is 0 Å². The number of hydrogen-bond donors (Lipinski definition) is 4. The number of carboxylic acids is 1. The van der Waals surface area contributed by atoms with Gasteiger partial charge in [0.25, 0.3) is 5.91 Å². The quantitative estimate of drug-likeness (QED) is 0.301. The van der Waals surface area contributed by atoms with Gasteiger partial charge in [0, 0.05) is 37.8 Å². The van der Waals surface area contributed by atoms with Crippen molar-refractivity contribution in [3.05, 3.63) is 23.3 Å². The van der Waals surface area contributed by atoms with Crippen LogP contribution in [0.1, 0.15) is 101 Å². The summed E-state index contributed by atoms with van der Waals surface area (Å²) in [6.07, 6.45) is 7.81. The van der Waals surface area contributed by atoms with E-state index in [0.29, 0.717) is 43.1 Å². The average molecular weight is 518 g/mol. The van der Waals surface area contributed by atoms with E-state index in [-0.39, 0.29) is 28.9 Å². The monoisotopic (exact) mass is 517 g/mol. The van der Waals surface area contributed by atoms with E-state index in [1.165, 1.54) is 18.9 Å². The van der Waals surface area contributed by atoms with Crippen LogP contribution in [0.5, 0.6) is 11.5 Å². The summed E-state index contributed by atoms with van der Waals surface area (Å²) in [6.45, 7) is 10.9. The lowest BCUT2D eigenvalue weighted by atomic mass is 9.97. The number of rotatable bonds is 12. The van der Waals surface area contributed by atoms with E-state index >= 15 is 0 Å². The van der Waals surface area contributed by atoms with Crippen molar-refractivity contribution in [3.63, 3.8) is 0 Å². The molecule has 208 valence electrons. The van der Waals surface area contributed by atoms with Crippen molar-refractivity contribution in [1.82, 2.24) is 15.1 Å². The summed E-state index contributed by atoms with van der Waals surface area (Å²) in [5, 5.41) is 33.9. The molecule has 1 heterocycles. The lowest BCUT2D eigenvalue weighted by Gasteiger charge is -2.36. The van der Waals surface area contributed by atoms with Gasteiger partial charge in [0.05, 0.1) is 5.56 Å².